The Bertz CT molecular complexity index is 408. The van der Waals surface area contributed by atoms with Crippen molar-refractivity contribution < 1.29 is 9.26 Å². The van der Waals surface area contributed by atoms with Crippen molar-refractivity contribution in [3.8, 4) is 0 Å². The van der Waals surface area contributed by atoms with Gasteiger partial charge < -0.3 is 14.6 Å². The van der Waals surface area contributed by atoms with Crippen LogP contribution >= 0.6 is 0 Å². The van der Waals surface area contributed by atoms with Crippen LogP contribution in [0.15, 0.2) is 4.52 Å². The molecule has 0 amide bonds. The topological polar surface area (TPSA) is 60.2 Å². The highest BCUT2D eigenvalue weighted by Crippen LogP contribution is 2.35. The second-order valence-electron chi connectivity index (χ2n) is 5.63. The van der Waals surface area contributed by atoms with Crippen molar-refractivity contribution in [1.29, 1.82) is 0 Å². The third-order valence-electron chi connectivity index (χ3n) is 4.12. The van der Waals surface area contributed by atoms with Crippen LogP contribution < -0.4 is 5.32 Å². The average molecular weight is 251 g/mol. The molecule has 0 radical (unpaired) electrons. The molecule has 0 aromatic carbocycles. The lowest BCUT2D eigenvalue weighted by Crippen LogP contribution is -2.30. The molecular formula is C13H21N3O2. The monoisotopic (exact) mass is 251 g/mol. The molecule has 5 nitrogen and oxygen atoms in total. The van der Waals surface area contributed by atoms with E-state index in [2.05, 4.69) is 15.5 Å². The number of aromatic nitrogens is 2. The van der Waals surface area contributed by atoms with Crippen molar-refractivity contribution >= 4 is 0 Å². The van der Waals surface area contributed by atoms with Gasteiger partial charge in [-0.1, -0.05) is 5.16 Å². The number of nitrogens with zero attached hydrogens (tertiary/aromatic N) is 2. The van der Waals surface area contributed by atoms with Crippen LogP contribution in [0.3, 0.4) is 0 Å². The lowest BCUT2D eigenvalue weighted by atomic mass is 10.0. The first-order chi connectivity index (χ1) is 8.71. The van der Waals surface area contributed by atoms with Gasteiger partial charge in [0.15, 0.2) is 0 Å². The zero-order chi connectivity index (χ0) is 12.6. The summed E-state index contributed by atoms with van der Waals surface area (Å²) in [5, 5.41) is 7.44. The molecule has 1 N–H and O–H groups in total. The number of hydrogen-bond donors (Lipinski definition) is 1. The standard InChI is InChI=1S/C13H21N3O2/c1-13(6-3-7-17-13)12-15-11(18-16-12)8-10(14-2)9-4-5-9/h9-10,14H,3-8H2,1-2H3. The summed E-state index contributed by atoms with van der Waals surface area (Å²) in [6.07, 6.45) is 5.50. The minimum atomic E-state index is -0.337. The molecule has 100 valence electrons. The predicted molar refractivity (Wildman–Crippen MR) is 66.1 cm³/mol. The summed E-state index contributed by atoms with van der Waals surface area (Å²) in [7, 11) is 2.00. The molecular weight excluding hydrogens is 230 g/mol. The van der Waals surface area contributed by atoms with E-state index < -0.39 is 0 Å². The van der Waals surface area contributed by atoms with Gasteiger partial charge in [0.05, 0.1) is 0 Å². The number of nitrogens with one attached hydrogen (secondary N) is 1. The number of hydrogen-bond acceptors (Lipinski definition) is 5. The molecule has 1 aromatic heterocycles. The smallest absolute Gasteiger partial charge is 0.228 e. The highest BCUT2D eigenvalue weighted by Gasteiger charge is 2.37. The van der Waals surface area contributed by atoms with Crippen LogP contribution in [0.1, 0.15) is 44.3 Å². The quantitative estimate of drug-likeness (QED) is 0.862. The van der Waals surface area contributed by atoms with E-state index in [-0.39, 0.29) is 5.60 Å². The summed E-state index contributed by atoms with van der Waals surface area (Å²) in [6, 6.07) is 0.468. The summed E-state index contributed by atoms with van der Waals surface area (Å²) in [5.74, 6) is 2.22. The third-order valence-corrected chi connectivity index (χ3v) is 4.12. The minimum absolute atomic E-state index is 0.337. The molecule has 3 rings (SSSR count). The Morgan fingerprint density at radius 1 is 1.50 bits per heavy atom. The highest BCUT2D eigenvalue weighted by atomic mass is 16.5. The van der Waals surface area contributed by atoms with Gasteiger partial charge in [-0.3, -0.25) is 0 Å². The normalized spacial score (nSPS) is 29.7. The van der Waals surface area contributed by atoms with Gasteiger partial charge in [0.1, 0.15) is 5.60 Å². The summed E-state index contributed by atoms with van der Waals surface area (Å²) in [5.41, 5.74) is -0.337. The van der Waals surface area contributed by atoms with E-state index >= 15 is 0 Å². The van der Waals surface area contributed by atoms with Gasteiger partial charge in [-0.15, -0.1) is 0 Å². The molecule has 2 aliphatic rings. The molecule has 1 aliphatic carbocycles. The zero-order valence-corrected chi connectivity index (χ0v) is 11.1. The fourth-order valence-electron chi connectivity index (χ4n) is 2.70. The molecule has 1 aromatic rings. The van der Waals surface area contributed by atoms with Gasteiger partial charge in [0.2, 0.25) is 11.7 Å². The first kappa shape index (κ1) is 12.1. The van der Waals surface area contributed by atoms with Gasteiger partial charge in [-0.25, -0.2) is 0 Å². The first-order valence-corrected chi connectivity index (χ1v) is 6.85. The fraction of sp³-hybridized carbons (Fsp3) is 0.846. The molecule has 1 saturated carbocycles. The van der Waals surface area contributed by atoms with Crippen LogP contribution in [0, 0.1) is 5.92 Å². The van der Waals surface area contributed by atoms with Crippen LogP contribution in [-0.4, -0.2) is 29.8 Å². The lowest BCUT2D eigenvalue weighted by Gasteiger charge is -2.17. The third kappa shape index (κ3) is 2.29. The molecule has 2 fully saturated rings. The highest BCUT2D eigenvalue weighted by molar-refractivity contribution is 5.03. The molecule has 2 atom stereocenters. The van der Waals surface area contributed by atoms with Crippen molar-refractivity contribution in [2.75, 3.05) is 13.7 Å². The SMILES string of the molecule is CNC(Cc1nc(C2(C)CCCO2)no1)C1CC1. The Labute approximate surface area is 107 Å². The molecule has 5 heteroatoms. The number of rotatable bonds is 5. The van der Waals surface area contributed by atoms with E-state index in [4.69, 9.17) is 9.26 Å². The number of likely N-dealkylation sites (N-methyl/N-ethyl adjacent to an activating group) is 1. The van der Waals surface area contributed by atoms with E-state index in [9.17, 15) is 0 Å². The van der Waals surface area contributed by atoms with E-state index in [0.29, 0.717) is 11.9 Å². The van der Waals surface area contributed by atoms with Gasteiger partial charge in [-0.05, 0) is 45.6 Å². The summed E-state index contributed by atoms with van der Waals surface area (Å²) >= 11 is 0. The van der Waals surface area contributed by atoms with Crippen molar-refractivity contribution in [3.63, 3.8) is 0 Å². The second-order valence-corrected chi connectivity index (χ2v) is 5.63. The maximum absolute atomic E-state index is 5.73. The Balaban J connectivity index is 1.69. The largest absolute Gasteiger partial charge is 0.367 e. The van der Waals surface area contributed by atoms with Gasteiger partial charge in [0, 0.05) is 19.1 Å². The maximum Gasteiger partial charge on any atom is 0.228 e. The molecule has 1 saturated heterocycles. The van der Waals surface area contributed by atoms with Crippen LogP contribution in [0.5, 0.6) is 0 Å². The predicted octanol–water partition coefficient (Wildman–Crippen LogP) is 1.64. The maximum atomic E-state index is 5.73. The number of ether oxygens (including phenoxy) is 1. The summed E-state index contributed by atoms with van der Waals surface area (Å²) in [4.78, 5) is 4.52. The summed E-state index contributed by atoms with van der Waals surface area (Å²) < 4.78 is 11.1. The van der Waals surface area contributed by atoms with E-state index in [1.54, 1.807) is 0 Å². The Morgan fingerprint density at radius 3 is 2.94 bits per heavy atom. The summed E-state index contributed by atoms with van der Waals surface area (Å²) in [6.45, 7) is 2.84. The van der Waals surface area contributed by atoms with Crippen molar-refractivity contribution in [3.05, 3.63) is 11.7 Å². The van der Waals surface area contributed by atoms with Gasteiger partial charge in [0.25, 0.3) is 0 Å². The second kappa shape index (κ2) is 4.63. The minimum Gasteiger partial charge on any atom is -0.367 e. The van der Waals surface area contributed by atoms with E-state index in [1.807, 2.05) is 14.0 Å². The molecule has 0 spiro atoms. The zero-order valence-electron chi connectivity index (χ0n) is 11.1. The van der Waals surface area contributed by atoms with Gasteiger partial charge in [-0.2, -0.15) is 4.98 Å². The van der Waals surface area contributed by atoms with Crippen LogP contribution in [-0.2, 0) is 16.8 Å². The fourth-order valence-corrected chi connectivity index (χ4v) is 2.70. The Hall–Kier alpha value is -0.940. The van der Waals surface area contributed by atoms with Gasteiger partial charge >= 0.3 is 0 Å². The first-order valence-electron chi connectivity index (χ1n) is 6.85. The van der Waals surface area contributed by atoms with Crippen molar-refractivity contribution in [2.45, 2.75) is 50.7 Å². The van der Waals surface area contributed by atoms with Crippen LogP contribution in [0.4, 0.5) is 0 Å². The molecule has 1 aliphatic heterocycles. The van der Waals surface area contributed by atoms with Crippen molar-refractivity contribution in [2.24, 2.45) is 5.92 Å². The Morgan fingerprint density at radius 2 is 2.33 bits per heavy atom. The lowest BCUT2D eigenvalue weighted by molar-refractivity contribution is 0.00768. The average Bonchev–Trinajstić information content (AvgIpc) is 2.93. The Kier molecular flexibility index (Phi) is 3.11. The van der Waals surface area contributed by atoms with E-state index in [1.165, 1.54) is 12.8 Å². The molecule has 18 heavy (non-hydrogen) atoms. The van der Waals surface area contributed by atoms with Crippen molar-refractivity contribution in [1.82, 2.24) is 15.5 Å². The molecule has 2 unspecified atom stereocenters. The van der Waals surface area contributed by atoms with Crippen LogP contribution in [0.25, 0.3) is 0 Å². The van der Waals surface area contributed by atoms with E-state index in [0.717, 1.165) is 37.7 Å². The molecule has 0 bridgehead atoms. The molecule has 2 heterocycles. The van der Waals surface area contributed by atoms with Crippen LogP contribution in [0.2, 0.25) is 0 Å².